The van der Waals surface area contributed by atoms with Gasteiger partial charge in [0.2, 0.25) is 0 Å². The van der Waals surface area contributed by atoms with Crippen LogP contribution in [0.25, 0.3) is 0 Å². The number of aromatic carboxylic acids is 1. The van der Waals surface area contributed by atoms with Crippen molar-refractivity contribution in [2.75, 3.05) is 0 Å². The number of rotatable bonds is 3. The predicted molar refractivity (Wildman–Crippen MR) is 57.9 cm³/mol. The molecule has 17 heavy (non-hydrogen) atoms. The third kappa shape index (κ3) is 1.80. The summed E-state index contributed by atoms with van der Waals surface area (Å²) in [5.41, 5.74) is 4.79. The molecule has 1 aromatic carbocycles. The molecule has 0 aromatic heterocycles. The highest BCUT2D eigenvalue weighted by molar-refractivity contribution is 5.88. The maximum atomic E-state index is 13.8. The second-order valence-electron chi connectivity index (χ2n) is 4.56. The first-order valence-electron chi connectivity index (χ1n) is 5.37. The molecule has 3 N–H and O–H groups in total. The van der Waals surface area contributed by atoms with Gasteiger partial charge < -0.3 is 10.8 Å². The zero-order valence-electron chi connectivity index (χ0n) is 9.34. The van der Waals surface area contributed by atoms with Gasteiger partial charge in [0.05, 0.1) is 5.56 Å². The molecule has 5 heteroatoms. The first-order chi connectivity index (χ1) is 7.88. The second kappa shape index (κ2) is 3.77. The van der Waals surface area contributed by atoms with Gasteiger partial charge in [-0.15, -0.1) is 0 Å². The van der Waals surface area contributed by atoms with Crippen LogP contribution in [0, 0.1) is 11.6 Å². The summed E-state index contributed by atoms with van der Waals surface area (Å²) in [6.07, 6.45) is 1.40. The lowest BCUT2D eigenvalue weighted by Gasteiger charge is -2.21. The Balaban J connectivity index is 2.51. The summed E-state index contributed by atoms with van der Waals surface area (Å²) < 4.78 is 27.3. The van der Waals surface area contributed by atoms with E-state index in [-0.39, 0.29) is 11.6 Å². The van der Waals surface area contributed by atoms with Gasteiger partial charge in [-0.2, -0.15) is 0 Å². The summed E-state index contributed by atoms with van der Waals surface area (Å²) in [5, 5.41) is 8.68. The van der Waals surface area contributed by atoms with Crippen LogP contribution >= 0.6 is 0 Å². The minimum absolute atomic E-state index is 0.190. The van der Waals surface area contributed by atoms with Crippen LogP contribution in [0.4, 0.5) is 8.78 Å². The Labute approximate surface area is 97.2 Å². The van der Waals surface area contributed by atoms with Crippen molar-refractivity contribution >= 4 is 5.97 Å². The monoisotopic (exact) mass is 241 g/mol. The molecule has 2 rings (SSSR count). The van der Waals surface area contributed by atoms with Crippen LogP contribution < -0.4 is 5.73 Å². The van der Waals surface area contributed by atoms with Gasteiger partial charge >= 0.3 is 5.97 Å². The van der Waals surface area contributed by atoms with E-state index in [0.717, 1.165) is 12.1 Å². The molecule has 0 bridgehead atoms. The molecule has 0 heterocycles. The number of carboxylic acid groups (broad SMARTS) is 1. The molecule has 1 unspecified atom stereocenters. The summed E-state index contributed by atoms with van der Waals surface area (Å²) in [5.74, 6) is -3.09. The van der Waals surface area contributed by atoms with Crippen molar-refractivity contribution in [1.82, 2.24) is 0 Å². The van der Waals surface area contributed by atoms with E-state index in [9.17, 15) is 13.6 Å². The quantitative estimate of drug-likeness (QED) is 0.851. The van der Waals surface area contributed by atoms with E-state index in [2.05, 4.69) is 0 Å². The molecular weight excluding hydrogens is 228 g/mol. The topological polar surface area (TPSA) is 63.3 Å². The number of halogens is 2. The van der Waals surface area contributed by atoms with Crippen LogP contribution in [0.1, 0.15) is 35.7 Å². The van der Waals surface area contributed by atoms with Crippen LogP contribution in [0.5, 0.6) is 0 Å². The number of benzene rings is 1. The minimum Gasteiger partial charge on any atom is -0.478 e. The maximum Gasteiger partial charge on any atom is 0.338 e. The van der Waals surface area contributed by atoms with Crippen molar-refractivity contribution in [2.24, 2.45) is 5.73 Å². The SMILES string of the molecule is CC(N)C1(c2cc(F)c(C(=O)O)cc2F)CC1. The zero-order chi connectivity index (χ0) is 12.8. The Bertz CT molecular complexity index is 482. The summed E-state index contributed by atoms with van der Waals surface area (Å²) >= 11 is 0. The number of nitrogens with two attached hydrogens (primary N) is 1. The van der Waals surface area contributed by atoms with Crippen LogP contribution in [-0.4, -0.2) is 17.1 Å². The fourth-order valence-electron chi connectivity index (χ4n) is 2.20. The summed E-state index contributed by atoms with van der Waals surface area (Å²) in [6, 6.07) is 1.41. The number of carbonyl (C=O) groups is 1. The molecule has 1 atom stereocenters. The standard InChI is InChI=1S/C12H13F2NO2/c1-6(15)12(2-3-12)8-5-9(13)7(11(16)17)4-10(8)14/h4-6H,2-3,15H2,1H3,(H,16,17). The van der Waals surface area contributed by atoms with E-state index in [1.807, 2.05) is 0 Å². The highest BCUT2D eigenvalue weighted by Gasteiger charge is 2.49. The average Bonchev–Trinajstić information content (AvgIpc) is 3.01. The largest absolute Gasteiger partial charge is 0.478 e. The first-order valence-corrected chi connectivity index (χ1v) is 5.37. The van der Waals surface area contributed by atoms with Gasteiger partial charge in [-0.25, -0.2) is 13.6 Å². The van der Waals surface area contributed by atoms with E-state index < -0.39 is 28.6 Å². The number of carboxylic acids is 1. The molecular formula is C12H13F2NO2. The highest BCUT2D eigenvalue weighted by Crippen LogP contribution is 2.51. The summed E-state index contributed by atoms with van der Waals surface area (Å²) in [7, 11) is 0. The Morgan fingerprint density at radius 1 is 1.41 bits per heavy atom. The fourth-order valence-corrected chi connectivity index (χ4v) is 2.20. The second-order valence-corrected chi connectivity index (χ2v) is 4.56. The number of hydrogen-bond donors (Lipinski definition) is 2. The lowest BCUT2D eigenvalue weighted by Crippen LogP contribution is -2.32. The Morgan fingerprint density at radius 2 is 2.00 bits per heavy atom. The van der Waals surface area contributed by atoms with Crippen molar-refractivity contribution in [3.05, 3.63) is 34.9 Å². The van der Waals surface area contributed by atoms with Crippen molar-refractivity contribution < 1.29 is 18.7 Å². The molecule has 3 nitrogen and oxygen atoms in total. The van der Waals surface area contributed by atoms with Crippen molar-refractivity contribution in [3.8, 4) is 0 Å². The zero-order valence-corrected chi connectivity index (χ0v) is 9.34. The molecule has 0 spiro atoms. The van der Waals surface area contributed by atoms with Crippen LogP contribution in [0.15, 0.2) is 12.1 Å². The van der Waals surface area contributed by atoms with Gasteiger partial charge in [-0.1, -0.05) is 0 Å². The molecule has 1 aliphatic carbocycles. The molecule has 1 aromatic rings. The average molecular weight is 241 g/mol. The van der Waals surface area contributed by atoms with E-state index in [1.165, 1.54) is 0 Å². The molecule has 0 saturated heterocycles. The molecule has 0 radical (unpaired) electrons. The van der Waals surface area contributed by atoms with E-state index >= 15 is 0 Å². The molecule has 92 valence electrons. The molecule has 1 saturated carbocycles. The Hall–Kier alpha value is -1.49. The molecule has 0 aliphatic heterocycles. The van der Waals surface area contributed by atoms with E-state index in [4.69, 9.17) is 10.8 Å². The minimum atomic E-state index is -1.47. The van der Waals surface area contributed by atoms with E-state index in [0.29, 0.717) is 12.8 Å². The molecule has 1 aliphatic rings. The Morgan fingerprint density at radius 3 is 2.41 bits per heavy atom. The first kappa shape index (κ1) is 12.0. The lowest BCUT2D eigenvalue weighted by atomic mass is 9.88. The van der Waals surface area contributed by atoms with Crippen molar-refractivity contribution in [1.29, 1.82) is 0 Å². The van der Waals surface area contributed by atoms with Crippen LogP contribution in [0.2, 0.25) is 0 Å². The van der Waals surface area contributed by atoms with Gasteiger partial charge in [0.15, 0.2) is 0 Å². The van der Waals surface area contributed by atoms with Gasteiger partial charge in [-0.3, -0.25) is 0 Å². The highest BCUT2D eigenvalue weighted by atomic mass is 19.1. The van der Waals surface area contributed by atoms with Crippen molar-refractivity contribution in [2.45, 2.75) is 31.2 Å². The Kier molecular flexibility index (Phi) is 2.66. The summed E-state index contributed by atoms with van der Waals surface area (Å²) in [4.78, 5) is 10.7. The van der Waals surface area contributed by atoms with Crippen LogP contribution in [0.3, 0.4) is 0 Å². The van der Waals surface area contributed by atoms with Gasteiger partial charge in [0.25, 0.3) is 0 Å². The van der Waals surface area contributed by atoms with E-state index in [1.54, 1.807) is 6.92 Å². The van der Waals surface area contributed by atoms with Crippen LogP contribution in [-0.2, 0) is 5.41 Å². The number of hydrogen-bond acceptors (Lipinski definition) is 2. The maximum absolute atomic E-state index is 13.8. The normalized spacial score (nSPS) is 18.8. The third-order valence-electron chi connectivity index (χ3n) is 3.48. The smallest absolute Gasteiger partial charge is 0.338 e. The third-order valence-corrected chi connectivity index (χ3v) is 3.48. The fraction of sp³-hybridized carbons (Fsp3) is 0.417. The molecule has 0 amide bonds. The predicted octanol–water partition coefficient (Wildman–Crippen LogP) is 2.04. The van der Waals surface area contributed by atoms with Crippen molar-refractivity contribution in [3.63, 3.8) is 0 Å². The van der Waals surface area contributed by atoms with Gasteiger partial charge in [0, 0.05) is 11.5 Å². The van der Waals surface area contributed by atoms with Gasteiger partial charge in [0.1, 0.15) is 11.6 Å². The van der Waals surface area contributed by atoms with Gasteiger partial charge in [-0.05, 0) is 37.5 Å². The summed E-state index contributed by atoms with van der Waals surface area (Å²) in [6.45, 7) is 1.75. The lowest BCUT2D eigenvalue weighted by molar-refractivity contribution is 0.0691. The molecule has 1 fully saturated rings.